The molecule has 1 heterocycles. The molecule has 0 bridgehead atoms. The zero-order chi connectivity index (χ0) is 16.9. The second-order valence-electron chi connectivity index (χ2n) is 6.18. The molecule has 6 nitrogen and oxygen atoms in total. The van der Waals surface area contributed by atoms with E-state index >= 15 is 0 Å². The molecule has 1 aromatic heterocycles. The summed E-state index contributed by atoms with van der Waals surface area (Å²) in [4.78, 5) is 18.1. The molecule has 1 saturated carbocycles. The highest BCUT2D eigenvalue weighted by atomic mass is 32.2. The lowest BCUT2D eigenvalue weighted by Crippen LogP contribution is -2.29. The van der Waals surface area contributed by atoms with Gasteiger partial charge in [-0.1, -0.05) is 18.9 Å². The van der Waals surface area contributed by atoms with Crippen molar-refractivity contribution in [1.82, 2.24) is 10.3 Å². The molecule has 2 rings (SSSR count). The summed E-state index contributed by atoms with van der Waals surface area (Å²) in [5.74, 6) is 0.503. The zero-order valence-corrected chi connectivity index (χ0v) is 14.6. The number of anilines is 1. The van der Waals surface area contributed by atoms with Crippen molar-refractivity contribution in [3.8, 4) is 0 Å². The Bertz CT molecular complexity index is 638. The van der Waals surface area contributed by atoms with Crippen molar-refractivity contribution in [2.45, 2.75) is 43.9 Å². The minimum Gasteiger partial charge on any atom is -0.362 e. The number of pyridine rings is 1. The van der Waals surface area contributed by atoms with Crippen molar-refractivity contribution in [1.29, 1.82) is 0 Å². The Hall–Kier alpha value is -1.63. The fraction of sp³-hybridized carbons (Fsp3) is 0.625. The fourth-order valence-corrected chi connectivity index (χ4v) is 4.76. The minimum atomic E-state index is -3.14. The molecule has 7 heteroatoms. The maximum absolute atomic E-state index is 12.2. The lowest BCUT2D eigenvalue weighted by molar-refractivity contribution is -0.120. The molecule has 0 radical (unpaired) electrons. The summed E-state index contributed by atoms with van der Waals surface area (Å²) in [7, 11) is 0.640. The summed E-state index contributed by atoms with van der Waals surface area (Å²) in [6.07, 6.45) is 5.16. The van der Waals surface area contributed by atoms with Gasteiger partial charge in [0.05, 0.1) is 11.0 Å². The number of rotatable bonds is 7. The quantitative estimate of drug-likeness (QED) is 0.814. The average Bonchev–Trinajstić information content (AvgIpc) is 3.06. The van der Waals surface area contributed by atoms with Gasteiger partial charge in [-0.05, 0) is 18.9 Å². The second kappa shape index (κ2) is 7.77. The normalized spacial score (nSPS) is 15.6. The van der Waals surface area contributed by atoms with E-state index < -0.39 is 9.84 Å². The van der Waals surface area contributed by atoms with E-state index in [4.69, 9.17) is 0 Å². The van der Waals surface area contributed by atoms with Crippen molar-refractivity contribution in [2.24, 2.45) is 0 Å². The Morgan fingerprint density at radius 2 is 2.04 bits per heavy atom. The average molecular weight is 339 g/mol. The van der Waals surface area contributed by atoms with Crippen LogP contribution in [-0.4, -0.2) is 44.4 Å². The first kappa shape index (κ1) is 17.7. The van der Waals surface area contributed by atoms with Gasteiger partial charge in [0, 0.05) is 38.8 Å². The molecule has 1 N–H and O–H groups in total. The number of aromatic nitrogens is 1. The van der Waals surface area contributed by atoms with E-state index in [0.29, 0.717) is 6.54 Å². The van der Waals surface area contributed by atoms with Crippen LogP contribution in [0.5, 0.6) is 0 Å². The van der Waals surface area contributed by atoms with Gasteiger partial charge in [0.15, 0.2) is 9.84 Å². The van der Waals surface area contributed by atoms with Crippen LogP contribution in [0, 0.1) is 0 Å². The van der Waals surface area contributed by atoms with Crippen LogP contribution in [0.2, 0.25) is 0 Å². The Morgan fingerprint density at radius 1 is 1.35 bits per heavy atom. The van der Waals surface area contributed by atoms with Crippen molar-refractivity contribution in [3.63, 3.8) is 0 Å². The van der Waals surface area contributed by atoms with E-state index in [1.807, 2.05) is 31.1 Å². The van der Waals surface area contributed by atoms with E-state index in [0.717, 1.165) is 37.1 Å². The van der Waals surface area contributed by atoms with Gasteiger partial charge in [-0.25, -0.2) is 13.4 Å². The number of sulfone groups is 1. The van der Waals surface area contributed by atoms with Gasteiger partial charge < -0.3 is 10.2 Å². The van der Waals surface area contributed by atoms with Gasteiger partial charge in [-0.15, -0.1) is 0 Å². The first-order valence-electron chi connectivity index (χ1n) is 7.99. The fourth-order valence-electron chi connectivity index (χ4n) is 2.90. The predicted octanol–water partition coefficient (Wildman–Crippen LogP) is 1.51. The molecular formula is C16H25N3O3S. The number of nitrogens with zero attached hydrogens (tertiary/aromatic N) is 2. The van der Waals surface area contributed by atoms with Crippen LogP contribution < -0.4 is 10.2 Å². The number of amides is 1. The molecule has 1 aromatic rings. The lowest BCUT2D eigenvalue weighted by Gasteiger charge is -2.16. The summed E-state index contributed by atoms with van der Waals surface area (Å²) in [5, 5.41) is 2.55. The smallest absolute Gasteiger partial charge is 0.221 e. The van der Waals surface area contributed by atoms with Crippen LogP contribution in [0.3, 0.4) is 0 Å². The van der Waals surface area contributed by atoms with E-state index in [1.54, 1.807) is 6.20 Å². The first-order valence-corrected chi connectivity index (χ1v) is 9.71. The molecule has 0 aliphatic heterocycles. The Balaban J connectivity index is 1.84. The van der Waals surface area contributed by atoms with E-state index in [2.05, 4.69) is 10.3 Å². The molecule has 1 fully saturated rings. The SMILES string of the molecule is CN(C)c1ncccc1CNC(=O)CCS(=O)(=O)C1CCCC1. The van der Waals surface area contributed by atoms with Crippen molar-refractivity contribution < 1.29 is 13.2 Å². The van der Waals surface area contributed by atoms with Crippen molar-refractivity contribution >= 4 is 21.6 Å². The maximum Gasteiger partial charge on any atom is 0.221 e. The van der Waals surface area contributed by atoms with Gasteiger partial charge in [-0.3, -0.25) is 4.79 Å². The topological polar surface area (TPSA) is 79.4 Å². The van der Waals surface area contributed by atoms with E-state index in [9.17, 15) is 13.2 Å². The van der Waals surface area contributed by atoms with Gasteiger partial charge in [-0.2, -0.15) is 0 Å². The van der Waals surface area contributed by atoms with Crippen LogP contribution in [0.25, 0.3) is 0 Å². The molecule has 0 saturated heterocycles. The lowest BCUT2D eigenvalue weighted by atomic mass is 10.2. The maximum atomic E-state index is 12.2. The summed E-state index contributed by atoms with van der Waals surface area (Å²) in [6.45, 7) is 0.351. The van der Waals surface area contributed by atoms with E-state index in [-0.39, 0.29) is 23.3 Å². The molecule has 23 heavy (non-hydrogen) atoms. The van der Waals surface area contributed by atoms with Crippen LogP contribution in [0.15, 0.2) is 18.3 Å². The third-order valence-corrected chi connectivity index (χ3v) is 6.45. The number of hydrogen-bond donors (Lipinski definition) is 1. The number of hydrogen-bond acceptors (Lipinski definition) is 5. The predicted molar refractivity (Wildman–Crippen MR) is 91.1 cm³/mol. The third kappa shape index (κ3) is 4.92. The summed E-state index contributed by atoms with van der Waals surface area (Å²) < 4.78 is 24.3. The van der Waals surface area contributed by atoms with Crippen LogP contribution >= 0.6 is 0 Å². The van der Waals surface area contributed by atoms with Gasteiger partial charge in [0.2, 0.25) is 5.91 Å². The Morgan fingerprint density at radius 3 is 2.70 bits per heavy atom. The molecule has 128 valence electrons. The van der Waals surface area contributed by atoms with Gasteiger partial charge in [0.1, 0.15) is 5.82 Å². The molecule has 1 amide bonds. The molecule has 0 spiro atoms. The summed E-state index contributed by atoms with van der Waals surface area (Å²) in [5.41, 5.74) is 0.907. The monoisotopic (exact) mass is 339 g/mol. The highest BCUT2D eigenvalue weighted by molar-refractivity contribution is 7.92. The molecule has 0 unspecified atom stereocenters. The molecular weight excluding hydrogens is 314 g/mol. The second-order valence-corrected chi connectivity index (χ2v) is 8.58. The van der Waals surface area contributed by atoms with Crippen LogP contribution in [0.4, 0.5) is 5.82 Å². The van der Waals surface area contributed by atoms with Gasteiger partial charge >= 0.3 is 0 Å². The Labute approximate surface area is 138 Å². The van der Waals surface area contributed by atoms with Crippen molar-refractivity contribution in [2.75, 3.05) is 24.7 Å². The van der Waals surface area contributed by atoms with Gasteiger partial charge in [0.25, 0.3) is 0 Å². The standard InChI is InChI=1S/C16H25N3O3S/c1-19(2)16-13(6-5-10-17-16)12-18-15(20)9-11-23(21,22)14-7-3-4-8-14/h5-6,10,14H,3-4,7-9,11-12H2,1-2H3,(H,18,20). The highest BCUT2D eigenvalue weighted by Gasteiger charge is 2.28. The molecule has 1 aliphatic carbocycles. The van der Waals surface area contributed by atoms with Crippen LogP contribution in [0.1, 0.15) is 37.7 Å². The summed E-state index contributed by atoms with van der Waals surface area (Å²) in [6, 6.07) is 3.72. The molecule has 0 aromatic carbocycles. The minimum absolute atomic E-state index is 0.0242. The Kier molecular flexibility index (Phi) is 5.98. The number of nitrogens with one attached hydrogen (secondary N) is 1. The first-order chi connectivity index (χ1) is 10.9. The highest BCUT2D eigenvalue weighted by Crippen LogP contribution is 2.25. The van der Waals surface area contributed by atoms with E-state index in [1.165, 1.54) is 0 Å². The number of carbonyl (C=O) groups is 1. The van der Waals surface area contributed by atoms with Crippen molar-refractivity contribution in [3.05, 3.63) is 23.9 Å². The molecule has 1 aliphatic rings. The summed E-state index contributed by atoms with van der Waals surface area (Å²) >= 11 is 0. The van der Waals surface area contributed by atoms with Crippen LogP contribution in [-0.2, 0) is 21.2 Å². The molecule has 0 atom stereocenters. The third-order valence-electron chi connectivity index (χ3n) is 4.19. The number of carbonyl (C=O) groups excluding carboxylic acids is 1. The largest absolute Gasteiger partial charge is 0.362 e. The zero-order valence-electron chi connectivity index (χ0n) is 13.8.